The van der Waals surface area contributed by atoms with Gasteiger partial charge in [-0.05, 0) is 28.9 Å². The van der Waals surface area contributed by atoms with Gasteiger partial charge in [0.2, 0.25) is 11.5 Å². The molecule has 156 valence electrons. The number of methoxy groups -OCH3 is 2. The van der Waals surface area contributed by atoms with E-state index in [1.165, 1.54) is 21.1 Å². The predicted octanol–water partition coefficient (Wildman–Crippen LogP) is 0.501. The van der Waals surface area contributed by atoms with Crippen molar-refractivity contribution in [3.63, 3.8) is 0 Å². The fourth-order valence-electron chi connectivity index (χ4n) is 3.16. The summed E-state index contributed by atoms with van der Waals surface area (Å²) in [5, 5.41) is -0.770. The van der Waals surface area contributed by atoms with Gasteiger partial charge in [-0.15, -0.1) is 0 Å². The molecule has 1 aromatic carbocycles. The van der Waals surface area contributed by atoms with Crippen LogP contribution in [-0.2, 0) is 46.4 Å². The minimum atomic E-state index is -1.50. The zero-order valence-electron chi connectivity index (χ0n) is 16.2. The van der Waals surface area contributed by atoms with Crippen molar-refractivity contribution in [2.75, 3.05) is 26.6 Å². The van der Waals surface area contributed by atoms with Gasteiger partial charge in [0.25, 0.3) is 5.91 Å². The summed E-state index contributed by atoms with van der Waals surface area (Å²) in [6.45, 7) is 0.919. The maximum Gasteiger partial charge on any atom is 0.355 e. The van der Waals surface area contributed by atoms with Gasteiger partial charge in [0.15, 0.2) is 0 Å². The lowest BCUT2D eigenvalue weighted by atomic mass is 10.1. The second-order valence-corrected chi connectivity index (χ2v) is 7.97. The summed E-state index contributed by atoms with van der Waals surface area (Å²) in [4.78, 5) is 37.6. The first kappa shape index (κ1) is 21.2. The lowest BCUT2D eigenvalue weighted by molar-refractivity contribution is -0.164. The van der Waals surface area contributed by atoms with Gasteiger partial charge in [-0.1, -0.05) is 12.1 Å². The number of β-lactam (4-membered cyclic amide) rings is 1. The maximum absolute atomic E-state index is 12.8. The van der Waals surface area contributed by atoms with Gasteiger partial charge in [0, 0.05) is 19.6 Å². The molecule has 0 radical (unpaired) electrons. The number of rotatable bonds is 7. The number of amides is 1. The maximum atomic E-state index is 12.8. The minimum Gasteiger partial charge on any atom is -0.614 e. The summed E-state index contributed by atoms with van der Waals surface area (Å²) in [5.41, 5.74) is 0.922. The molecule has 0 spiro atoms. The van der Waals surface area contributed by atoms with E-state index in [9.17, 15) is 18.9 Å². The third-order valence-electron chi connectivity index (χ3n) is 4.56. The van der Waals surface area contributed by atoms with Crippen LogP contribution in [0.25, 0.3) is 0 Å². The average Bonchev–Trinajstić information content (AvgIpc) is 2.71. The summed E-state index contributed by atoms with van der Waals surface area (Å²) < 4.78 is 33.1. The largest absolute Gasteiger partial charge is 0.614 e. The van der Waals surface area contributed by atoms with Crippen LogP contribution >= 0.6 is 0 Å². The Balaban J connectivity index is 1.83. The number of hydrogen-bond acceptors (Lipinski definition) is 8. The van der Waals surface area contributed by atoms with Crippen LogP contribution in [0.4, 0.5) is 0 Å². The Hall–Kier alpha value is -2.56. The highest BCUT2D eigenvalue weighted by Gasteiger charge is 2.61. The van der Waals surface area contributed by atoms with E-state index >= 15 is 0 Å². The third kappa shape index (κ3) is 4.24. The number of nitrogens with zero attached hydrogens (tertiary/aromatic N) is 1. The van der Waals surface area contributed by atoms with E-state index in [-0.39, 0.29) is 30.2 Å². The summed E-state index contributed by atoms with van der Waals surface area (Å²) >= 11 is -1.50. The molecule has 2 aliphatic rings. The standard InChI is InChI=1S/C19H21NO8S/c1-11(21)27-9-13-10-29(24)18-16(26-3)17(22)20(18)15(13)19(23)28-8-12-5-4-6-14(7-12)25-2/h4-7,16,18H,8-10H2,1-3H3. The number of esters is 2. The SMILES string of the molecule is COc1cccc(COC(=O)C2=C(COC(C)=O)C[S+]([O-])C3C(OC)C(=O)N23)c1. The van der Waals surface area contributed by atoms with Crippen molar-refractivity contribution < 1.29 is 37.9 Å². The molecule has 1 aromatic rings. The molecule has 2 aliphatic heterocycles. The summed E-state index contributed by atoms with van der Waals surface area (Å²) in [6, 6.07) is 7.00. The van der Waals surface area contributed by atoms with Crippen molar-refractivity contribution in [1.82, 2.24) is 4.90 Å². The van der Waals surface area contributed by atoms with Crippen molar-refractivity contribution in [3.05, 3.63) is 41.1 Å². The fraction of sp³-hybridized carbons (Fsp3) is 0.421. The van der Waals surface area contributed by atoms with Gasteiger partial charge in [-0.25, -0.2) is 4.79 Å². The highest BCUT2D eigenvalue weighted by molar-refractivity contribution is 7.92. The first-order valence-electron chi connectivity index (χ1n) is 8.75. The molecule has 1 saturated heterocycles. The van der Waals surface area contributed by atoms with Gasteiger partial charge in [0.1, 0.15) is 30.4 Å². The zero-order valence-corrected chi connectivity index (χ0v) is 17.0. The topological polar surface area (TPSA) is 114 Å². The van der Waals surface area contributed by atoms with Gasteiger partial charge in [0.05, 0.1) is 7.11 Å². The number of carbonyl (C=O) groups excluding carboxylic acids is 3. The summed E-state index contributed by atoms with van der Waals surface area (Å²) in [7, 11) is 2.87. The Labute approximate surface area is 170 Å². The first-order chi connectivity index (χ1) is 13.9. The fourth-order valence-corrected chi connectivity index (χ4v) is 4.85. The van der Waals surface area contributed by atoms with E-state index in [1.807, 2.05) is 0 Å². The Bertz CT molecular complexity index is 854. The molecule has 9 nitrogen and oxygen atoms in total. The summed E-state index contributed by atoms with van der Waals surface area (Å²) in [6.07, 6.45) is -0.882. The molecular formula is C19H21NO8S. The predicted molar refractivity (Wildman–Crippen MR) is 101 cm³/mol. The lowest BCUT2D eigenvalue weighted by Crippen LogP contribution is -2.70. The van der Waals surface area contributed by atoms with Crippen LogP contribution in [0.1, 0.15) is 12.5 Å². The van der Waals surface area contributed by atoms with Gasteiger partial charge in [-0.2, -0.15) is 0 Å². The summed E-state index contributed by atoms with van der Waals surface area (Å²) in [5.74, 6) is -1.22. The molecule has 1 fully saturated rings. The molecule has 3 rings (SSSR count). The second-order valence-electron chi connectivity index (χ2n) is 6.44. The van der Waals surface area contributed by atoms with E-state index in [4.69, 9.17) is 18.9 Å². The van der Waals surface area contributed by atoms with Crippen molar-refractivity contribution in [2.45, 2.75) is 25.0 Å². The van der Waals surface area contributed by atoms with Crippen LogP contribution < -0.4 is 4.74 Å². The smallest absolute Gasteiger partial charge is 0.355 e. The Morgan fingerprint density at radius 1 is 1.24 bits per heavy atom. The number of ether oxygens (including phenoxy) is 4. The number of fused-ring (bicyclic) bond motifs is 1. The average molecular weight is 423 g/mol. The molecule has 29 heavy (non-hydrogen) atoms. The molecule has 3 atom stereocenters. The van der Waals surface area contributed by atoms with Crippen molar-refractivity contribution in [1.29, 1.82) is 0 Å². The molecule has 0 N–H and O–H groups in total. The third-order valence-corrected chi connectivity index (χ3v) is 6.19. The molecular weight excluding hydrogens is 402 g/mol. The monoisotopic (exact) mass is 423 g/mol. The second kappa shape index (κ2) is 8.85. The van der Waals surface area contributed by atoms with E-state index in [2.05, 4.69) is 0 Å². The van der Waals surface area contributed by atoms with Gasteiger partial charge in [-0.3, -0.25) is 14.5 Å². The molecule has 3 unspecified atom stereocenters. The van der Waals surface area contributed by atoms with Crippen molar-refractivity contribution >= 4 is 29.0 Å². The van der Waals surface area contributed by atoms with Gasteiger partial charge < -0.3 is 23.5 Å². The normalized spacial score (nSPS) is 23.2. The molecule has 1 amide bonds. The Morgan fingerprint density at radius 3 is 2.66 bits per heavy atom. The van der Waals surface area contributed by atoms with E-state index in [0.717, 1.165) is 4.90 Å². The Kier molecular flexibility index (Phi) is 6.46. The zero-order chi connectivity index (χ0) is 21.1. The van der Waals surface area contributed by atoms with E-state index < -0.39 is 40.5 Å². The van der Waals surface area contributed by atoms with Crippen molar-refractivity contribution in [3.8, 4) is 5.75 Å². The molecule has 0 bridgehead atoms. The van der Waals surface area contributed by atoms with Crippen LogP contribution in [0.15, 0.2) is 35.5 Å². The highest BCUT2D eigenvalue weighted by atomic mass is 32.2. The lowest BCUT2D eigenvalue weighted by Gasteiger charge is -2.48. The van der Waals surface area contributed by atoms with Crippen LogP contribution in [-0.4, -0.2) is 65.4 Å². The van der Waals surface area contributed by atoms with Gasteiger partial charge >= 0.3 is 11.9 Å². The van der Waals surface area contributed by atoms with Crippen molar-refractivity contribution in [2.24, 2.45) is 0 Å². The van der Waals surface area contributed by atoms with E-state index in [1.54, 1.807) is 24.3 Å². The van der Waals surface area contributed by atoms with Crippen LogP contribution in [0, 0.1) is 0 Å². The first-order valence-corrected chi connectivity index (χ1v) is 10.1. The molecule has 0 aliphatic carbocycles. The van der Waals surface area contributed by atoms with Crippen LogP contribution in [0.3, 0.4) is 0 Å². The number of carbonyl (C=O) groups is 3. The van der Waals surface area contributed by atoms with Crippen LogP contribution in [0.5, 0.6) is 5.75 Å². The number of benzene rings is 1. The minimum absolute atomic E-state index is 0.0226. The molecule has 10 heteroatoms. The molecule has 0 aromatic heterocycles. The highest BCUT2D eigenvalue weighted by Crippen LogP contribution is 2.38. The Morgan fingerprint density at radius 2 is 2.00 bits per heavy atom. The molecule has 2 heterocycles. The van der Waals surface area contributed by atoms with Crippen LogP contribution in [0.2, 0.25) is 0 Å². The number of hydrogen-bond donors (Lipinski definition) is 0. The van der Waals surface area contributed by atoms with E-state index in [0.29, 0.717) is 11.3 Å². The molecule has 0 saturated carbocycles. The quantitative estimate of drug-likeness (QED) is 0.354.